The van der Waals surface area contributed by atoms with E-state index in [2.05, 4.69) is 15.6 Å². The molecule has 1 aromatic heterocycles. The third-order valence-electron chi connectivity index (χ3n) is 4.37. The summed E-state index contributed by atoms with van der Waals surface area (Å²) >= 11 is 0. The summed E-state index contributed by atoms with van der Waals surface area (Å²) in [6, 6.07) is 13.2. The highest BCUT2D eigenvalue weighted by atomic mass is 19.2. The molecule has 0 saturated heterocycles. The number of anilines is 2. The number of nitrogens with zero attached hydrogens (tertiary/aromatic N) is 1. The van der Waals surface area contributed by atoms with Crippen LogP contribution in [0.5, 0.6) is 0 Å². The van der Waals surface area contributed by atoms with Crippen LogP contribution in [-0.4, -0.2) is 16.8 Å². The second-order valence-corrected chi connectivity index (χ2v) is 6.41. The molecular formula is C22H19F2N3O2. The summed E-state index contributed by atoms with van der Waals surface area (Å²) in [7, 11) is 0. The third kappa shape index (κ3) is 4.63. The molecule has 0 radical (unpaired) electrons. The van der Waals surface area contributed by atoms with E-state index in [9.17, 15) is 18.4 Å². The molecule has 0 unspecified atom stereocenters. The van der Waals surface area contributed by atoms with Crippen LogP contribution < -0.4 is 10.6 Å². The smallest absolute Gasteiger partial charge is 0.274 e. The number of benzene rings is 2. The molecule has 0 bridgehead atoms. The Hall–Kier alpha value is -3.61. The minimum atomic E-state index is -1.08. The molecule has 2 aromatic carbocycles. The van der Waals surface area contributed by atoms with E-state index < -0.39 is 23.4 Å². The number of aromatic nitrogens is 1. The van der Waals surface area contributed by atoms with Crippen molar-refractivity contribution >= 4 is 23.2 Å². The van der Waals surface area contributed by atoms with Crippen molar-refractivity contribution in [2.75, 3.05) is 10.6 Å². The summed E-state index contributed by atoms with van der Waals surface area (Å²) < 4.78 is 26.3. The molecule has 0 saturated carbocycles. The predicted molar refractivity (Wildman–Crippen MR) is 107 cm³/mol. The molecule has 0 aliphatic carbocycles. The molecular weight excluding hydrogens is 376 g/mol. The van der Waals surface area contributed by atoms with E-state index in [-0.39, 0.29) is 17.1 Å². The van der Waals surface area contributed by atoms with Gasteiger partial charge < -0.3 is 10.6 Å². The van der Waals surface area contributed by atoms with Crippen molar-refractivity contribution in [2.24, 2.45) is 0 Å². The SMILES string of the molecule is CCc1cccc(C)c1NC(=O)c1cccc(C(=O)Nc2ccc(F)c(F)c2)n1. The standard InChI is InChI=1S/C22H19F2N3O2/c1-3-14-7-4-6-13(2)20(14)27-22(29)19-9-5-8-18(26-19)21(28)25-15-10-11-16(23)17(24)12-15/h4-12H,3H2,1-2H3,(H,25,28)(H,27,29). The van der Waals surface area contributed by atoms with Gasteiger partial charge in [0.05, 0.1) is 0 Å². The molecule has 7 heteroatoms. The number of carbonyl (C=O) groups excluding carboxylic acids is 2. The Kier molecular flexibility index (Phi) is 5.97. The predicted octanol–water partition coefficient (Wildman–Crippen LogP) is 4.74. The molecule has 1 heterocycles. The van der Waals surface area contributed by atoms with E-state index in [0.717, 1.165) is 35.4 Å². The van der Waals surface area contributed by atoms with E-state index in [1.807, 2.05) is 32.0 Å². The van der Waals surface area contributed by atoms with Crippen molar-refractivity contribution in [3.05, 3.63) is 88.7 Å². The van der Waals surface area contributed by atoms with E-state index >= 15 is 0 Å². The number of nitrogens with one attached hydrogen (secondary N) is 2. The van der Waals surface area contributed by atoms with Crippen molar-refractivity contribution in [3.63, 3.8) is 0 Å². The van der Waals surface area contributed by atoms with Gasteiger partial charge in [0, 0.05) is 17.4 Å². The van der Waals surface area contributed by atoms with Crippen LogP contribution in [0.3, 0.4) is 0 Å². The summed E-state index contributed by atoms with van der Waals surface area (Å²) in [5, 5.41) is 5.28. The van der Waals surface area contributed by atoms with E-state index in [1.165, 1.54) is 24.3 Å². The molecule has 0 aliphatic rings. The lowest BCUT2D eigenvalue weighted by Gasteiger charge is -2.13. The Morgan fingerprint density at radius 3 is 2.21 bits per heavy atom. The van der Waals surface area contributed by atoms with Gasteiger partial charge in [-0.2, -0.15) is 0 Å². The fraction of sp³-hybridized carbons (Fsp3) is 0.136. The van der Waals surface area contributed by atoms with Crippen LogP contribution in [0, 0.1) is 18.6 Å². The average Bonchev–Trinajstić information content (AvgIpc) is 2.72. The Morgan fingerprint density at radius 1 is 0.897 bits per heavy atom. The molecule has 0 aliphatic heterocycles. The number of rotatable bonds is 5. The summed E-state index contributed by atoms with van der Waals surface area (Å²) in [5.74, 6) is -3.18. The number of aryl methyl sites for hydroxylation is 2. The number of halogens is 2. The number of carbonyl (C=O) groups is 2. The van der Waals surface area contributed by atoms with Gasteiger partial charge in [-0.1, -0.05) is 31.2 Å². The molecule has 2 N–H and O–H groups in total. The molecule has 5 nitrogen and oxygen atoms in total. The molecule has 29 heavy (non-hydrogen) atoms. The van der Waals surface area contributed by atoms with Gasteiger partial charge in [0.2, 0.25) is 0 Å². The topological polar surface area (TPSA) is 71.1 Å². The zero-order chi connectivity index (χ0) is 21.0. The Labute approximate surface area is 166 Å². The Balaban J connectivity index is 1.79. The van der Waals surface area contributed by atoms with Crippen LogP contribution in [0.1, 0.15) is 39.0 Å². The van der Waals surface area contributed by atoms with Gasteiger partial charge in [0.15, 0.2) is 11.6 Å². The fourth-order valence-electron chi connectivity index (χ4n) is 2.84. The van der Waals surface area contributed by atoms with Crippen LogP contribution in [0.25, 0.3) is 0 Å². The van der Waals surface area contributed by atoms with Gasteiger partial charge >= 0.3 is 0 Å². The normalized spacial score (nSPS) is 10.5. The zero-order valence-electron chi connectivity index (χ0n) is 15.9. The summed E-state index contributed by atoms with van der Waals surface area (Å²) in [4.78, 5) is 29.1. The molecule has 148 valence electrons. The summed E-state index contributed by atoms with van der Waals surface area (Å²) in [5.41, 5.74) is 2.75. The first kappa shape index (κ1) is 20.1. The fourth-order valence-corrected chi connectivity index (χ4v) is 2.84. The van der Waals surface area contributed by atoms with Crippen LogP contribution >= 0.6 is 0 Å². The summed E-state index contributed by atoms with van der Waals surface area (Å²) in [6.45, 7) is 3.89. The lowest BCUT2D eigenvalue weighted by Crippen LogP contribution is -2.19. The molecule has 0 fully saturated rings. The molecule has 0 atom stereocenters. The van der Waals surface area contributed by atoms with Gasteiger partial charge in [-0.3, -0.25) is 9.59 Å². The second kappa shape index (κ2) is 8.60. The number of hydrogen-bond acceptors (Lipinski definition) is 3. The monoisotopic (exact) mass is 395 g/mol. The molecule has 0 spiro atoms. The van der Waals surface area contributed by atoms with Gasteiger partial charge in [-0.25, -0.2) is 13.8 Å². The minimum absolute atomic E-state index is 0.0251. The van der Waals surface area contributed by atoms with Crippen molar-refractivity contribution in [1.29, 1.82) is 0 Å². The molecule has 3 aromatic rings. The van der Waals surface area contributed by atoms with Gasteiger partial charge in [0.25, 0.3) is 11.8 Å². The van der Waals surface area contributed by atoms with Crippen molar-refractivity contribution in [3.8, 4) is 0 Å². The van der Waals surface area contributed by atoms with Crippen molar-refractivity contribution < 1.29 is 18.4 Å². The highest BCUT2D eigenvalue weighted by Crippen LogP contribution is 2.22. The lowest BCUT2D eigenvalue weighted by molar-refractivity contribution is 0.101. The highest BCUT2D eigenvalue weighted by molar-refractivity contribution is 6.06. The Bertz CT molecular complexity index is 1080. The number of pyridine rings is 1. The van der Waals surface area contributed by atoms with Crippen LogP contribution in [0.15, 0.2) is 54.6 Å². The van der Waals surface area contributed by atoms with Crippen LogP contribution in [-0.2, 0) is 6.42 Å². The van der Waals surface area contributed by atoms with Crippen molar-refractivity contribution in [2.45, 2.75) is 20.3 Å². The Morgan fingerprint density at radius 2 is 1.55 bits per heavy atom. The van der Waals surface area contributed by atoms with E-state index in [4.69, 9.17) is 0 Å². The zero-order valence-corrected chi connectivity index (χ0v) is 15.9. The highest BCUT2D eigenvalue weighted by Gasteiger charge is 2.15. The van der Waals surface area contributed by atoms with Gasteiger partial charge in [-0.15, -0.1) is 0 Å². The first-order valence-corrected chi connectivity index (χ1v) is 9.02. The maximum Gasteiger partial charge on any atom is 0.274 e. The van der Waals surface area contributed by atoms with E-state index in [0.29, 0.717) is 0 Å². The summed E-state index contributed by atoms with van der Waals surface area (Å²) in [6.07, 6.45) is 0.751. The molecule has 3 rings (SSSR count). The third-order valence-corrected chi connectivity index (χ3v) is 4.37. The quantitative estimate of drug-likeness (QED) is 0.656. The second-order valence-electron chi connectivity index (χ2n) is 6.41. The maximum absolute atomic E-state index is 13.3. The van der Waals surface area contributed by atoms with Crippen molar-refractivity contribution in [1.82, 2.24) is 4.98 Å². The van der Waals surface area contributed by atoms with E-state index in [1.54, 1.807) is 0 Å². The number of hydrogen-bond donors (Lipinski definition) is 2. The minimum Gasteiger partial charge on any atom is -0.321 e. The maximum atomic E-state index is 13.3. The number of amides is 2. The lowest BCUT2D eigenvalue weighted by atomic mass is 10.1. The van der Waals surface area contributed by atoms with Crippen LogP contribution in [0.2, 0.25) is 0 Å². The van der Waals surface area contributed by atoms with Gasteiger partial charge in [0.1, 0.15) is 11.4 Å². The largest absolute Gasteiger partial charge is 0.321 e. The first-order chi connectivity index (χ1) is 13.9. The average molecular weight is 395 g/mol. The molecule has 2 amide bonds. The first-order valence-electron chi connectivity index (χ1n) is 9.02. The van der Waals surface area contributed by atoms with Crippen LogP contribution in [0.4, 0.5) is 20.2 Å². The number of para-hydroxylation sites is 1. The van der Waals surface area contributed by atoms with Gasteiger partial charge in [-0.05, 0) is 48.7 Å².